The van der Waals surface area contributed by atoms with Crippen LogP contribution in [0.25, 0.3) is 10.2 Å². The average Bonchev–Trinajstić information content (AvgIpc) is 2.88. The van der Waals surface area contributed by atoms with E-state index in [-0.39, 0.29) is 11.5 Å². The van der Waals surface area contributed by atoms with Gasteiger partial charge < -0.3 is 5.32 Å². The number of aryl methyl sites for hydroxylation is 2. The van der Waals surface area contributed by atoms with Crippen molar-refractivity contribution in [2.75, 3.05) is 5.32 Å². The maximum Gasteiger partial charge on any atom is 0.266 e. The van der Waals surface area contributed by atoms with E-state index in [0.29, 0.717) is 37.9 Å². The van der Waals surface area contributed by atoms with Gasteiger partial charge in [-0.05, 0) is 31.5 Å². The van der Waals surface area contributed by atoms with Gasteiger partial charge in [0.05, 0.1) is 27.3 Å². The van der Waals surface area contributed by atoms with Crippen LogP contribution in [0.5, 0.6) is 0 Å². The van der Waals surface area contributed by atoms with Crippen molar-refractivity contribution in [3.05, 3.63) is 56.4 Å². The third-order valence-electron chi connectivity index (χ3n) is 3.59. The fourth-order valence-electron chi connectivity index (χ4n) is 2.34. The third kappa shape index (κ3) is 2.75. The zero-order valence-corrected chi connectivity index (χ0v) is 14.2. The lowest BCUT2D eigenvalue weighted by atomic mass is 10.2. The number of anilines is 1. The number of amides is 1. The molecule has 0 unspecified atom stereocenters. The number of nitrogens with zero attached hydrogens (tertiary/aromatic N) is 2. The van der Waals surface area contributed by atoms with E-state index in [1.54, 1.807) is 31.2 Å². The molecule has 2 heterocycles. The van der Waals surface area contributed by atoms with Gasteiger partial charge in [0, 0.05) is 6.54 Å². The molecule has 3 aromatic rings. The summed E-state index contributed by atoms with van der Waals surface area (Å²) in [7, 11) is 0. The van der Waals surface area contributed by atoms with Crippen LogP contribution in [0.1, 0.15) is 22.2 Å². The highest BCUT2D eigenvalue weighted by Gasteiger charge is 2.19. The number of nitrogens with one attached hydrogen (secondary N) is 1. The van der Waals surface area contributed by atoms with Crippen molar-refractivity contribution in [1.29, 1.82) is 0 Å². The molecule has 0 aliphatic heterocycles. The normalized spacial score (nSPS) is 10.9. The number of rotatable bonds is 3. The van der Waals surface area contributed by atoms with Gasteiger partial charge in [0.2, 0.25) is 0 Å². The van der Waals surface area contributed by atoms with Gasteiger partial charge in [0.25, 0.3) is 11.5 Å². The highest BCUT2D eigenvalue weighted by molar-refractivity contribution is 7.20. The van der Waals surface area contributed by atoms with Crippen LogP contribution in [0.4, 0.5) is 5.69 Å². The van der Waals surface area contributed by atoms with E-state index in [9.17, 15) is 9.59 Å². The molecule has 1 aromatic carbocycles. The van der Waals surface area contributed by atoms with Gasteiger partial charge in [-0.25, -0.2) is 4.98 Å². The van der Waals surface area contributed by atoms with Crippen molar-refractivity contribution in [3.63, 3.8) is 0 Å². The molecule has 118 valence electrons. The number of aromatic nitrogens is 2. The Kier molecular flexibility index (Phi) is 4.19. The van der Waals surface area contributed by atoms with Crippen LogP contribution in [0.3, 0.4) is 0 Å². The SMILES string of the molecule is CCn1cnc2sc(C(=O)Nc3ccccc3Cl)c(C)c2c1=O. The first kappa shape index (κ1) is 15.7. The topological polar surface area (TPSA) is 64.0 Å². The van der Waals surface area contributed by atoms with Crippen molar-refractivity contribution in [2.45, 2.75) is 20.4 Å². The lowest BCUT2D eigenvalue weighted by Crippen LogP contribution is -2.19. The summed E-state index contributed by atoms with van der Waals surface area (Å²) in [6, 6.07) is 7.02. The van der Waals surface area contributed by atoms with Gasteiger partial charge in [-0.3, -0.25) is 14.2 Å². The maximum absolute atomic E-state index is 12.5. The minimum atomic E-state index is -0.291. The first-order chi connectivity index (χ1) is 11.0. The molecule has 0 atom stereocenters. The number of carbonyl (C=O) groups excluding carboxylic acids is 1. The zero-order chi connectivity index (χ0) is 16.6. The number of hydrogen-bond donors (Lipinski definition) is 1. The Morgan fingerprint density at radius 1 is 1.39 bits per heavy atom. The Morgan fingerprint density at radius 2 is 2.13 bits per heavy atom. The van der Waals surface area contributed by atoms with E-state index in [0.717, 1.165) is 0 Å². The van der Waals surface area contributed by atoms with Crippen LogP contribution in [0, 0.1) is 6.92 Å². The molecule has 0 spiro atoms. The fraction of sp³-hybridized carbons (Fsp3) is 0.188. The molecule has 0 saturated carbocycles. The van der Waals surface area contributed by atoms with Gasteiger partial charge in [-0.15, -0.1) is 11.3 Å². The fourth-order valence-corrected chi connectivity index (χ4v) is 3.56. The second kappa shape index (κ2) is 6.14. The molecular formula is C16H14ClN3O2S. The minimum absolute atomic E-state index is 0.122. The minimum Gasteiger partial charge on any atom is -0.320 e. The molecule has 3 rings (SSSR count). The van der Waals surface area contributed by atoms with E-state index in [4.69, 9.17) is 11.6 Å². The molecule has 0 bridgehead atoms. The molecule has 7 heteroatoms. The van der Waals surface area contributed by atoms with Crippen LogP contribution in [0.15, 0.2) is 35.4 Å². The van der Waals surface area contributed by atoms with Crippen LogP contribution >= 0.6 is 22.9 Å². The summed E-state index contributed by atoms with van der Waals surface area (Å²) in [6.07, 6.45) is 1.51. The smallest absolute Gasteiger partial charge is 0.266 e. The Morgan fingerprint density at radius 3 is 2.83 bits per heavy atom. The van der Waals surface area contributed by atoms with Crippen molar-refractivity contribution in [1.82, 2.24) is 9.55 Å². The van der Waals surface area contributed by atoms with E-state index in [2.05, 4.69) is 10.3 Å². The molecule has 0 saturated heterocycles. The number of halogens is 1. The van der Waals surface area contributed by atoms with Crippen molar-refractivity contribution in [3.8, 4) is 0 Å². The molecule has 1 N–H and O–H groups in total. The van der Waals surface area contributed by atoms with Gasteiger partial charge in [0.15, 0.2) is 0 Å². The quantitative estimate of drug-likeness (QED) is 0.785. The number of thiophene rings is 1. The van der Waals surface area contributed by atoms with E-state index >= 15 is 0 Å². The van der Waals surface area contributed by atoms with Crippen LogP contribution in [0.2, 0.25) is 5.02 Å². The number of carbonyl (C=O) groups is 1. The molecule has 5 nitrogen and oxygen atoms in total. The number of para-hydroxylation sites is 1. The van der Waals surface area contributed by atoms with Crippen molar-refractivity contribution >= 4 is 44.7 Å². The first-order valence-electron chi connectivity index (χ1n) is 7.07. The first-order valence-corrected chi connectivity index (χ1v) is 8.26. The number of hydrogen-bond acceptors (Lipinski definition) is 4. The largest absolute Gasteiger partial charge is 0.320 e. The van der Waals surface area contributed by atoms with Crippen LogP contribution < -0.4 is 10.9 Å². The molecule has 23 heavy (non-hydrogen) atoms. The summed E-state index contributed by atoms with van der Waals surface area (Å²) < 4.78 is 1.53. The molecule has 0 fully saturated rings. The zero-order valence-electron chi connectivity index (χ0n) is 12.6. The summed E-state index contributed by atoms with van der Waals surface area (Å²) in [5.41, 5.74) is 1.06. The van der Waals surface area contributed by atoms with Gasteiger partial charge in [0.1, 0.15) is 4.83 Å². The highest BCUT2D eigenvalue weighted by atomic mass is 35.5. The van der Waals surface area contributed by atoms with Crippen molar-refractivity contribution in [2.24, 2.45) is 0 Å². The predicted molar refractivity (Wildman–Crippen MR) is 93.7 cm³/mol. The molecule has 0 aliphatic rings. The lowest BCUT2D eigenvalue weighted by Gasteiger charge is -2.06. The third-order valence-corrected chi connectivity index (χ3v) is 5.11. The van der Waals surface area contributed by atoms with Crippen molar-refractivity contribution < 1.29 is 4.79 Å². The van der Waals surface area contributed by atoms with Gasteiger partial charge in [-0.1, -0.05) is 23.7 Å². The molecule has 2 aromatic heterocycles. The summed E-state index contributed by atoms with van der Waals surface area (Å²) in [5.74, 6) is -0.291. The number of benzene rings is 1. The Bertz CT molecular complexity index is 962. The second-order valence-electron chi connectivity index (χ2n) is 5.01. The standard InChI is InChI=1S/C16H14ClN3O2S/c1-3-20-8-18-15-12(16(20)22)9(2)13(23-15)14(21)19-11-7-5-4-6-10(11)17/h4-8H,3H2,1-2H3,(H,19,21). The average molecular weight is 348 g/mol. The molecule has 0 radical (unpaired) electrons. The van der Waals surface area contributed by atoms with E-state index in [1.807, 2.05) is 6.92 Å². The second-order valence-corrected chi connectivity index (χ2v) is 6.41. The van der Waals surface area contributed by atoms with E-state index in [1.165, 1.54) is 22.2 Å². The molecular weight excluding hydrogens is 334 g/mol. The number of fused-ring (bicyclic) bond motifs is 1. The summed E-state index contributed by atoms with van der Waals surface area (Å²) in [5, 5.41) is 3.75. The lowest BCUT2D eigenvalue weighted by molar-refractivity contribution is 0.103. The highest BCUT2D eigenvalue weighted by Crippen LogP contribution is 2.28. The van der Waals surface area contributed by atoms with Gasteiger partial charge >= 0.3 is 0 Å². The van der Waals surface area contributed by atoms with Gasteiger partial charge in [-0.2, -0.15) is 0 Å². The Hall–Kier alpha value is -2.18. The summed E-state index contributed by atoms with van der Waals surface area (Å²) >= 11 is 7.27. The Balaban J connectivity index is 2.05. The molecule has 1 amide bonds. The monoisotopic (exact) mass is 347 g/mol. The molecule has 0 aliphatic carbocycles. The summed E-state index contributed by atoms with van der Waals surface area (Å²) in [4.78, 5) is 30.3. The predicted octanol–water partition coefficient (Wildman–Crippen LogP) is 3.69. The maximum atomic E-state index is 12.5. The van der Waals surface area contributed by atoms with Crippen LogP contribution in [-0.2, 0) is 6.54 Å². The summed E-state index contributed by atoms with van der Waals surface area (Å²) in [6.45, 7) is 4.18. The Labute approximate surface area is 141 Å². The van der Waals surface area contributed by atoms with Crippen LogP contribution in [-0.4, -0.2) is 15.5 Å². The van der Waals surface area contributed by atoms with E-state index < -0.39 is 0 Å².